The van der Waals surface area contributed by atoms with Gasteiger partial charge in [-0.2, -0.15) is 0 Å². The average molecular weight is 302 g/mol. The Bertz CT molecular complexity index is 378. The van der Waals surface area contributed by atoms with Crippen LogP contribution in [-0.4, -0.2) is 47.7 Å². The van der Waals surface area contributed by atoms with Gasteiger partial charge in [0, 0.05) is 6.61 Å². The number of carbonyl (C=O) groups excluding carboxylic acids is 2. The van der Waals surface area contributed by atoms with E-state index in [1.807, 2.05) is 0 Å². The van der Waals surface area contributed by atoms with Crippen LogP contribution >= 0.6 is 0 Å². The molecule has 1 saturated heterocycles. The molecule has 1 rings (SSSR count). The molecule has 0 aromatic heterocycles. The Balaban J connectivity index is 2.73. The quantitative estimate of drug-likeness (QED) is 0.753. The van der Waals surface area contributed by atoms with Gasteiger partial charge in [0.05, 0.1) is 12.6 Å². The predicted octanol–water partition coefficient (Wildman–Crippen LogP) is 2.45. The van der Waals surface area contributed by atoms with Gasteiger partial charge in [-0.25, -0.2) is 20.0 Å². The fourth-order valence-electron chi connectivity index (χ4n) is 1.72. The van der Waals surface area contributed by atoms with Gasteiger partial charge in [-0.15, -0.1) is 0 Å². The van der Waals surface area contributed by atoms with Gasteiger partial charge in [0.1, 0.15) is 11.2 Å². The van der Waals surface area contributed by atoms with Crippen LogP contribution in [-0.2, 0) is 14.2 Å². The molecule has 2 amide bonds. The Labute approximate surface area is 125 Å². The molecule has 1 aliphatic rings. The lowest BCUT2D eigenvalue weighted by molar-refractivity contribution is -0.0105. The van der Waals surface area contributed by atoms with Crippen molar-refractivity contribution < 1.29 is 23.8 Å². The van der Waals surface area contributed by atoms with Crippen molar-refractivity contribution in [2.45, 2.75) is 65.2 Å². The summed E-state index contributed by atoms with van der Waals surface area (Å²) in [5.41, 5.74) is 1.16. The average Bonchev–Trinajstić information content (AvgIpc) is 2.73. The first-order chi connectivity index (χ1) is 9.48. The second kappa shape index (κ2) is 6.51. The molecule has 1 fully saturated rings. The van der Waals surface area contributed by atoms with Crippen molar-refractivity contribution in [2.24, 2.45) is 0 Å². The van der Waals surface area contributed by atoms with Crippen molar-refractivity contribution in [1.29, 1.82) is 0 Å². The monoisotopic (exact) mass is 302 g/mol. The fourth-order valence-corrected chi connectivity index (χ4v) is 1.72. The van der Waals surface area contributed by atoms with E-state index < -0.39 is 23.4 Å². The van der Waals surface area contributed by atoms with E-state index in [4.69, 9.17) is 14.2 Å². The normalized spacial score (nSPS) is 19.0. The number of ether oxygens (including phenoxy) is 3. The van der Waals surface area contributed by atoms with Crippen LogP contribution in [0.5, 0.6) is 0 Å². The Morgan fingerprint density at radius 1 is 1.10 bits per heavy atom. The molecule has 7 nitrogen and oxygen atoms in total. The van der Waals surface area contributed by atoms with Crippen LogP contribution in [0.25, 0.3) is 0 Å². The van der Waals surface area contributed by atoms with Crippen LogP contribution in [0.1, 0.15) is 48.0 Å². The van der Waals surface area contributed by atoms with E-state index in [0.717, 1.165) is 5.01 Å². The Morgan fingerprint density at radius 2 is 1.67 bits per heavy atom. The van der Waals surface area contributed by atoms with Gasteiger partial charge in [-0.05, 0) is 48.0 Å². The molecule has 0 aromatic carbocycles. The lowest BCUT2D eigenvalue weighted by atomic mass is 10.2. The van der Waals surface area contributed by atoms with Gasteiger partial charge < -0.3 is 14.2 Å². The maximum absolute atomic E-state index is 12.2. The molecule has 0 saturated carbocycles. The first-order valence-electron chi connectivity index (χ1n) is 7.07. The Kier molecular flexibility index (Phi) is 5.44. The molecule has 0 aliphatic carbocycles. The van der Waals surface area contributed by atoms with Crippen LogP contribution in [0, 0.1) is 0 Å². The highest BCUT2D eigenvalue weighted by Gasteiger charge is 2.33. The minimum Gasteiger partial charge on any atom is -0.443 e. The van der Waals surface area contributed by atoms with E-state index >= 15 is 0 Å². The standard InChI is InChI=1S/C14H26N2O5/c1-13(2,3)20-11(17)15-16(10-7-8-19-9-10)12(18)21-14(4,5)6/h10H,7-9H2,1-6H3,(H,15,17)/t10-/m1/s1. The largest absolute Gasteiger partial charge is 0.443 e. The molecule has 1 heterocycles. The van der Waals surface area contributed by atoms with Crippen LogP contribution in [0.15, 0.2) is 0 Å². The van der Waals surface area contributed by atoms with Gasteiger partial charge >= 0.3 is 12.2 Å². The van der Waals surface area contributed by atoms with Crippen molar-refractivity contribution >= 4 is 12.2 Å². The molecule has 1 atom stereocenters. The zero-order chi connectivity index (χ0) is 16.3. The third kappa shape index (κ3) is 6.66. The number of hydrazine groups is 1. The number of carbonyl (C=O) groups is 2. The predicted molar refractivity (Wildman–Crippen MR) is 76.7 cm³/mol. The molecular formula is C14H26N2O5. The van der Waals surface area contributed by atoms with Gasteiger partial charge in [0.25, 0.3) is 0 Å². The highest BCUT2D eigenvalue weighted by molar-refractivity contribution is 5.74. The van der Waals surface area contributed by atoms with E-state index in [1.165, 1.54) is 0 Å². The highest BCUT2D eigenvalue weighted by Crippen LogP contribution is 2.16. The van der Waals surface area contributed by atoms with Gasteiger partial charge in [0.2, 0.25) is 0 Å². The van der Waals surface area contributed by atoms with Crippen molar-refractivity contribution in [2.75, 3.05) is 13.2 Å². The van der Waals surface area contributed by atoms with E-state index in [1.54, 1.807) is 41.5 Å². The number of amides is 2. The Hall–Kier alpha value is -1.50. The summed E-state index contributed by atoms with van der Waals surface area (Å²) in [7, 11) is 0. The molecule has 0 spiro atoms. The van der Waals surface area contributed by atoms with Crippen molar-refractivity contribution in [3.63, 3.8) is 0 Å². The third-order valence-electron chi connectivity index (χ3n) is 2.47. The summed E-state index contributed by atoms with van der Waals surface area (Å²) >= 11 is 0. The summed E-state index contributed by atoms with van der Waals surface area (Å²) in [4.78, 5) is 24.1. The molecule has 7 heteroatoms. The molecule has 0 radical (unpaired) electrons. The molecule has 0 unspecified atom stereocenters. The van der Waals surface area contributed by atoms with Crippen LogP contribution in [0.4, 0.5) is 9.59 Å². The minimum atomic E-state index is -0.694. The first kappa shape index (κ1) is 17.6. The second-order valence-corrected chi connectivity index (χ2v) is 6.98. The fraction of sp³-hybridized carbons (Fsp3) is 0.857. The summed E-state index contributed by atoms with van der Waals surface area (Å²) < 4.78 is 15.7. The maximum atomic E-state index is 12.2. The lowest BCUT2D eigenvalue weighted by Gasteiger charge is -2.31. The SMILES string of the molecule is CC(C)(C)OC(=O)NN(C(=O)OC(C)(C)C)[C@@H]1CCOC1. The molecule has 0 aromatic rings. The lowest BCUT2D eigenvalue weighted by Crippen LogP contribution is -2.54. The molecular weight excluding hydrogens is 276 g/mol. The Morgan fingerprint density at radius 3 is 2.10 bits per heavy atom. The zero-order valence-electron chi connectivity index (χ0n) is 13.7. The number of hydrogen-bond acceptors (Lipinski definition) is 5. The highest BCUT2D eigenvalue weighted by atomic mass is 16.6. The van der Waals surface area contributed by atoms with Crippen molar-refractivity contribution in [3.8, 4) is 0 Å². The smallest absolute Gasteiger partial charge is 0.429 e. The molecule has 1 N–H and O–H groups in total. The van der Waals surface area contributed by atoms with Gasteiger partial charge in [-0.3, -0.25) is 0 Å². The summed E-state index contributed by atoms with van der Waals surface area (Å²) in [5, 5.41) is 1.16. The second-order valence-electron chi connectivity index (χ2n) is 6.98. The van der Waals surface area contributed by atoms with Crippen LogP contribution in [0.2, 0.25) is 0 Å². The third-order valence-corrected chi connectivity index (χ3v) is 2.47. The van der Waals surface area contributed by atoms with E-state index in [2.05, 4.69) is 5.43 Å². The molecule has 0 bridgehead atoms. The van der Waals surface area contributed by atoms with E-state index in [0.29, 0.717) is 19.6 Å². The number of hydrogen-bond donors (Lipinski definition) is 1. The van der Waals surface area contributed by atoms with Gasteiger partial charge in [0.15, 0.2) is 0 Å². The van der Waals surface area contributed by atoms with Crippen molar-refractivity contribution in [1.82, 2.24) is 10.4 Å². The minimum absolute atomic E-state index is 0.257. The molecule has 122 valence electrons. The molecule has 21 heavy (non-hydrogen) atoms. The van der Waals surface area contributed by atoms with Crippen LogP contribution < -0.4 is 5.43 Å². The zero-order valence-corrected chi connectivity index (χ0v) is 13.7. The number of nitrogens with zero attached hydrogens (tertiary/aromatic N) is 1. The molecule has 1 aliphatic heterocycles. The van der Waals surface area contributed by atoms with Gasteiger partial charge in [-0.1, -0.05) is 0 Å². The number of nitrogens with one attached hydrogen (secondary N) is 1. The van der Waals surface area contributed by atoms with E-state index in [-0.39, 0.29) is 6.04 Å². The summed E-state index contributed by atoms with van der Waals surface area (Å²) in [6.07, 6.45) is -0.682. The summed E-state index contributed by atoms with van der Waals surface area (Å²) in [5.74, 6) is 0. The topological polar surface area (TPSA) is 77.1 Å². The summed E-state index contributed by atoms with van der Waals surface area (Å²) in [6, 6.07) is -0.257. The van der Waals surface area contributed by atoms with Crippen LogP contribution in [0.3, 0.4) is 0 Å². The number of rotatable bonds is 1. The first-order valence-corrected chi connectivity index (χ1v) is 7.07. The van der Waals surface area contributed by atoms with E-state index in [9.17, 15) is 9.59 Å². The maximum Gasteiger partial charge on any atom is 0.429 e. The summed E-state index contributed by atoms with van der Waals surface area (Å²) in [6.45, 7) is 11.5. The van der Waals surface area contributed by atoms with Crippen molar-refractivity contribution in [3.05, 3.63) is 0 Å².